The Morgan fingerprint density at radius 2 is 1.92 bits per heavy atom. The van der Waals surface area contributed by atoms with Gasteiger partial charge in [-0.1, -0.05) is 44.3 Å². The van der Waals surface area contributed by atoms with Crippen LogP contribution in [0.5, 0.6) is 0 Å². The SMILES string of the molecule is CCCCCCCC1=CCCCC1. The van der Waals surface area contributed by atoms with Gasteiger partial charge in [0.1, 0.15) is 0 Å². The summed E-state index contributed by atoms with van der Waals surface area (Å²) in [7, 11) is 0. The first-order valence-electron chi connectivity index (χ1n) is 6.11. The van der Waals surface area contributed by atoms with Crippen molar-refractivity contribution in [1.29, 1.82) is 0 Å². The predicted molar refractivity (Wildman–Crippen MR) is 59.9 cm³/mol. The minimum absolute atomic E-state index is 1.35. The second-order valence-corrected chi connectivity index (χ2v) is 4.27. The molecule has 0 aromatic heterocycles. The monoisotopic (exact) mass is 180 g/mol. The van der Waals surface area contributed by atoms with Gasteiger partial charge in [0.15, 0.2) is 0 Å². The molecule has 0 saturated heterocycles. The first-order chi connectivity index (χ1) is 6.43. The smallest absolute Gasteiger partial charge is 0.0320 e. The van der Waals surface area contributed by atoms with Crippen LogP contribution in [0.15, 0.2) is 11.6 Å². The van der Waals surface area contributed by atoms with E-state index in [0.29, 0.717) is 0 Å². The summed E-state index contributed by atoms with van der Waals surface area (Å²) in [5, 5.41) is 0. The van der Waals surface area contributed by atoms with Crippen LogP contribution < -0.4 is 0 Å². The third-order valence-electron chi connectivity index (χ3n) is 2.99. The highest BCUT2D eigenvalue weighted by Crippen LogP contribution is 2.22. The van der Waals surface area contributed by atoms with E-state index in [-0.39, 0.29) is 0 Å². The minimum Gasteiger partial charge on any atom is -0.0853 e. The zero-order valence-electron chi connectivity index (χ0n) is 9.15. The van der Waals surface area contributed by atoms with Gasteiger partial charge >= 0.3 is 0 Å². The molecule has 0 atom stereocenters. The lowest BCUT2D eigenvalue weighted by atomic mass is 9.95. The summed E-state index contributed by atoms with van der Waals surface area (Å²) in [4.78, 5) is 0. The maximum absolute atomic E-state index is 2.49. The minimum atomic E-state index is 1.35. The molecule has 0 saturated carbocycles. The van der Waals surface area contributed by atoms with Gasteiger partial charge in [-0.15, -0.1) is 0 Å². The van der Waals surface area contributed by atoms with Gasteiger partial charge in [0, 0.05) is 0 Å². The molecule has 0 radical (unpaired) electrons. The Labute approximate surface area is 83.4 Å². The van der Waals surface area contributed by atoms with E-state index in [1.807, 2.05) is 0 Å². The van der Waals surface area contributed by atoms with E-state index in [2.05, 4.69) is 13.0 Å². The molecule has 0 unspecified atom stereocenters. The van der Waals surface area contributed by atoms with Gasteiger partial charge in [-0.05, 0) is 38.5 Å². The maximum atomic E-state index is 2.49. The average molecular weight is 180 g/mol. The summed E-state index contributed by atoms with van der Waals surface area (Å²) >= 11 is 0. The first kappa shape index (κ1) is 10.8. The van der Waals surface area contributed by atoms with Crippen molar-refractivity contribution in [3.8, 4) is 0 Å². The van der Waals surface area contributed by atoms with Crippen molar-refractivity contribution in [2.75, 3.05) is 0 Å². The van der Waals surface area contributed by atoms with Crippen molar-refractivity contribution in [1.82, 2.24) is 0 Å². The second-order valence-electron chi connectivity index (χ2n) is 4.27. The van der Waals surface area contributed by atoms with Gasteiger partial charge in [-0.25, -0.2) is 0 Å². The predicted octanol–water partition coefficient (Wildman–Crippen LogP) is 4.85. The van der Waals surface area contributed by atoms with Crippen LogP contribution in [0.2, 0.25) is 0 Å². The number of unbranched alkanes of at least 4 members (excludes halogenated alkanes) is 4. The van der Waals surface area contributed by atoms with Gasteiger partial charge in [0.2, 0.25) is 0 Å². The quantitative estimate of drug-likeness (QED) is 0.405. The Morgan fingerprint density at radius 1 is 1.08 bits per heavy atom. The van der Waals surface area contributed by atoms with Crippen LogP contribution in [-0.4, -0.2) is 0 Å². The Hall–Kier alpha value is -0.260. The largest absolute Gasteiger partial charge is 0.0853 e. The number of rotatable bonds is 6. The lowest BCUT2D eigenvalue weighted by Gasteiger charge is -2.11. The maximum Gasteiger partial charge on any atom is -0.0320 e. The topological polar surface area (TPSA) is 0 Å². The standard InChI is InChI=1S/C13H24/c1-2-3-4-5-7-10-13-11-8-6-9-12-13/h11H,2-10,12H2,1H3. The van der Waals surface area contributed by atoms with E-state index in [1.165, 1.54) is 64.2 Å². The zero-order valence-corrected chi connectivity index (χ0v) is 9.15. The third-order valence-corrected chi connectivity index (χ3v) is 2.99. The molecule has 0 N–H and O–H groups in total. The Kier molecular flexibility index (Phi) is 5.97. The molecule has 0 bridgehead atoms. The molecule has 0 heterocycles. The van der Waals surface area contributed by atoms with E-state index < -0.39 is 0 Å². The summed E-state index contributed by atoms with van der Waals surface area (Å²) in [5.41, 5.74) is 1.75. The van der Waals surface area contributed by atoms with E-state index in [0.717, 1.165) is 0 Å². The number of hydrogen-bond donors (Lipinski definition) is 0. The molecule has 0 amide bonds. The highest BCUT2D eigenvalue weighted by molar-refractivity contribution is 5.04. The van der Waals surface area contributed by atoms with Crippen molar-refractivity contribution in [2.24, 2.45) is 0 Å². The van der Waals surface area contributed by atoms with Crippen molar-refractivity contribution in [3.63, 3.8) is 0 Å². The van der Waals surface area contributed by atoms with Crippen molar-refractivity contribution >= 4 is 0 Å². The van der Waals surface area contributed by atoms with E-state index in [1.54, 1.807) is 5.57 Å². The van der Waals surface area contributed by atoms with Gasteiger partial charge in [-0.3, -0.25) is 0 Å². The van der Waals surface area contributed by atoms with Crippen LogP contribution >= 0.6 is 0 Å². The molecule has 1 aliphatic rings. The Balaban J connectivity index is 1.95. The fourth-order valence-corrected chi connectivity index (χ4v) is 2.09. The van der Waals surface area contributed by atoms with Crippen LogP contribution in [0.25, 0.3) is 0 Å². The lowest BCUT2D eigenvalue weighted by Crippen LogP contribution is -1.91. The molecule has 0 aromatic carbocycles. The average Bonchev–Trinajstić information content (AvgIpc) is 2.19. The van der Waals surface area contributed by atoms with E-state index >= 15 is 0 Å². The normalized spacial score (nSPS) is 17.2. The van der Waals surface area contributed by atoms with E-state index in [4.69, 9.17) is 0 Å². The Bertz CT molecular complexity index is 144. The van der Waals surface area contributed by atoms with Crippen LogP contribution in [0, 0.1) is 0 Å². The third kappa shape index (κ3) is 5.13. The van der Waals surface area contributed by atoms with Gasteiger partial charge in [0.05, 0.1) is 0 Å². The molecule has 0 nitrogen and oxygen atoms in total. The van der Waals surface area contributed by atoms with Crippen molar-refractivity contribution in [2.45, 2.75) is 71.1 Å². The fourth-order valence-electron chi connectivity index (χ4n) is 2.09. The molecule has 76 valence electrons. The summed E-state index contributed by atoms with van der Waals surface area (Å²) in [5.74, 6) is 0. The van der Waals surface area contributed by atoms with Crippen LogP contribution in [-0.2, 0) is 0 Å². The summed E-state index contributed by atoms with van der Waals surface area (Å²) < 4.78 is 0. The van der Waals surface area contributed by atoms with Crippen LogP contribution in [0.4, 0.5) is 0 Å². The van der Waals surface area contributed by atoms with E-state index in [9.17, 15) is 0 Å². The zero-order chi connectivity index (χ0) is 9.36. The highest BCUT2D eigenvalue weighted by atomic mass is 14.1. The molecule has 0 aromatic rings. The summed E-state index contributed by atoms with van der Waals surface area (Å²) in [6.45, 7) is 2.28. The van der Waals surface area contributed by atoms with Crippen LogP contribution in [0.3, 0.4) is 0 Å². The van der Waals surface area contributed by atoms with Gasteiger partial charge in [0.25, 0.3) is 0 Å². The lowest BCUT2D eigenvalue weighted by molar-refractivity contribution is 0.605. The second kappa shape index (κ2) is 7.17. The molecule has 0 fully saturated rings. The highest BCUT2D eigenvalue weighted by Gasteiger charge is 2.02. The molecular formula is C13H24. The first-order valence-corrected chi connectivity index (χ1v) is 6.11. The molecule has 13 heavy (non-hydrogen) atoms. The molecule has 0 aliphatic heterocycles. The molecule has 0 heteroatoms. The molecule has 1 rings (SSSR count). The van der Waals surface area contributed by atoms with Gasteiger partial charge < -0.3 is 0 Å². The number of allylic oxidation sites excluding steroid dienone is 2. The molecule has 0 spiro atoms. The Morgan fingerprint density at radius 3 is 2.62 bits per heavy atom. The van der Waals surface area contributed by atoms with Crippen LogP contribution in [0.1, 0.15) is 71.1 Å². The molecule has 1 aliphatic carbocycles. The molecular weight excluding hydrogens is 156 g/mol. The summed E-state index contributed by atoms with van der Waals surface area (Å²) in [6.07, 6.45) is 16.6. The fraction of sp³-hybridized carbons (Fsp3) is 0.846. The van der Waals surface area contributed by atoms with Gasteiger partial charge in [-0.2, -0.15) is 0 Å². The summed E-state index contributed by atoms with van der Waals surface area (Å²) in [6, 6.07) is 0. The number of hydrogen-bond acceptors (Lipinski definition) is 0. The van der Waals surface area contributed by atoms with Crippen molar-refractivity contribution in [3.05, 3.63) is 11.6 Å². The van der Waals surface area contributed by atoms with Crippen molar-refractivity contribution < 1.29 is 0 Å².